The molecular formula is C20H22N2O6S. The fraction of sp³-hybridized carbons (Fsp3) is 0.350. The molecule has 9 heteroatoms. The van der Waals surface area contributed by atoms with Crippen molar-refractivity contribution in [3.05, 3.63) is 46.2 Å². The molecule has 8 nitrogen and oxygen atoms in total. The second-order valence-electron chi connectivity index (χ2n) is 6.21. The minimum atomic E-state index is -0.668. The van der Waals surface area contributed by atoms with Crippen LogP contribution in [0.4, 0.5) is 0 Å². The van der Waals surface area contributed by atoms with Crippen LogP contribution in [0.2, 0.25) is 0 Å². The van der Waals surface area contributed by atoms with E-state index in [1.165, 1.54) is 11.3 Å². The lowest BCUT2D eigenvalue weighted by molar-refractivity contribution is -0.151. The lowest BCUT2D eigenvalue weighted by Crippen LogP contribution is -2.36. The highest BCUT2D eigenvalue weighted by atomic mass is 32.1. The smallest absolute Gasteiger partial charge is 0.325 e. The summed E-state index contributed by atoms with van der Waals surface area (Å²) in [5.41, 5.74) is 0.888. The molecule has 1 aromatic carbocycles. The zero-order valence-electron chi connectivity index (χ0n) is 16.0. The number of amides is 2. The van der Waals surface area contributed by atoms with Gasteiger partial charge in [-0.3, -0.25) is 14.4 Å². The van der Waals surface area contributed by atoms with Crippen molar-refractivity contribution in [3.63, 3.8) is 0 Å². The Morgan fingerprint density at radius 3 is 2.69 bits per heavy atom. The van der Waals surface area contributed by atoms with Crippen LogP contribution in [0.15, 0.2) is 35.7 Å². The summed E-state index contributed by atoms with van der Waals surface area (Å²) in [6, 6.07) is 8.94. The van der Waals surface area contributed by atoms with Crippen LogP contribution in [0, 0.1) is 0 Å². The molecular weight excluding hydrogens is 396 g/mol. The molecule has 0 bridgehead atoms. The number of ether oxygens (including phenoxy) is 3. The molecule has 2 heterocycles. The topological polar surface area (TPSA) is 94.2 Å². The SMILES string of the molecule is CCN(Cc1ccc2c(c1)OCCO2)C(=O)COC(=O)CNC(=O)c1cccs1. The van der Waals surface area contributed by atoms with E-state index < -0.39 is 5.97 Å². The average Bonchev–Trinajstić information content (AvgIpc) is 3.29. The zero-order valence-corrected chi connectivity index (χ0v) is 16.8. The van der Waals surface area contributed by atoms with Crippen LogP contribution in [0.25, 0.3) is 0 Å². The average molecular weight is 418 g/mol. The lowest BCUT2D eigenvalue weighted by Gasteiger charge is -2.23. The van der Waals surface area contributed by atoms with Gasteiger partial charge in [-0.15, -0.1) is 11.3 Å². The Kier molecular flexibility index (Phi) is 7.07. The largest absolute Gasteiger partial charge is 0.486 e. The number of esters is 1. The molecule has 1 aromatic heterocycles. The summed E-state index contributed by atoms with van der Waals surface area (Å²) in [6.07, 6.45) is 0. The summed E-state index contributed by atoms with van der Waals surface area (Å²) >= 11 is 1.28. The van der Waals surface area contributed by atoms with Crippen molar-refractivity contribution >= 4 is 29.1 Å². The van der Waals surface area contributed by atoms with E-state index in [0.29, 0.717) is 42.7 Å². The third-order valence-electron chi connectivity index (χ3n) is 4.21. The van der Waals surface area contributed by atoms with E-state index in [1.54, 1.807) is 22.4 Å². The highest BCUT2D eigenvalue weighted by Gasteiger charge is 2.18. The molecule has 0 fully saturated rings. The number of nitrogens with one attached hydrogen (secondary N) is 1. The summed E-state index contributed by atoms with van der Waals surface area (Å²) in [5, 5.41) is 4.24. The number of carbonyl (C=O) groups excluding carboxylic acids is 3. The van der Waals surface area contributed by atoms with Crippen molar-refractivity contribution in [3.8, 4) is 11.5 Å². The standard InChI is InChI=1S/C20H22N2O6S/c1-2-22(12-14-5-6-15-16(10-14)27-8-7-26-15)18(23)13-28-19(24)11-21-20(25)17-4-3-9-29-17/h3-6,9-10H,2,7-8,11-13H2,1H3,(H,21,25). The monoisotopic (exact) mass is 418 g/mol. The Morgan fingerprint density at radius 1 is 1.17 bits per heavy atom. The number of hydrogen-bond acceptors (Lipinski definition) is 7. The van der Waals surface area contributed by atoms with Gasteiger partial charge in [-0.05, 0) is 36.1 Å². The highest BCUT2D eigenvalue weighted by molar-refractivity contribution is 7.12. The lowest BCUT2D eigenvalue weighted by atomic mass is 10.2. The Morgan fingerprint density at radius 2 is 1.97 bits per heavy atom. The number of likely N-dealkylation sites (N-methyl/N-ethyl adjacent to an activating group) is 1. The molecule has 0 radical (unpaired) electrons. The first-order valence-electron chi connectivity index (χ1n) is 9.20. The third kappa shape index (κ3) is 5.71. The van der Waals surface area contributed by atoms with E-state index >= 15 is 0 Å². The highest BCUT2D eigenvalue weighted by Crippen LogP contribution is 2.31. The van der Waals surface area contributed by atoms with Crippen LogP contribution < -0.4 is 14.8 Å². The molecule has 0 spiro atoms. The number of hydrogen-bond donors (Lipinski definition) is 1. The Labute approximate surface area is 172 Å². The molecule has 154 valence electrons. The predicted molar refractivity (Wildman–Crippen MR) is 106 cm³/mol. The number of nitrogens with zero attached hydrogens (tertiary/aromatic N) is 1. The van der Waals surface area contributed by atoms with Gasteiger partial charge in [0.2, 0.25) is 0 Å². The maximum atomic E-state index is 12.4. The van der Waals surface area contributed by atoms with E-state index in [0.717, 1.165) is 5.56 Å². The molecule has 0 saturated heterocycles. The van der Waals surface area contributed by atoms with Crippen LogP contribution in [-0.2, 0) is 20.9 Å². The number of rotatable bonds is 8. The van der Waals surface area contributed by atoms with E-state index in [1.807, 2.05) is 25.1 Å². The van der Waals surface area contributed by atoms with Gasteiger partial charge in [-0.2, -0.15) is 0 Å². The van der Waals surface area contributed by atoms with Crippen LogP contribution in [-0.4, -0.2) is 55.6 Å². The molecule has 0 aliphatic carbocycles. The Balaban J connectivity index is 1.45. The van der Waals surface area contributed by atoms with Gasteiger partial charge in [0.05, 0.1) is 4.88 Å². The van der Waals surface area contributed by atoms with Gasteiger partial charge in [0.25, 0.3) is 11.8 Å². The first-order valence-corrected chi connectivity index (χ1v) is 10.1. The van der Waals surface area contributed by atoms with Gasteiger partial charge in [0.1, 0.15) is 19.8 Å². The molecule has 1 aliphatic rings. The quantitative estimate of drug-likeness (QED) is 0.658. The van der Waals surface area contributed by atoms with Crippen molar-refractivity contribution in [2.24, 2.45) is 0 Å². The van der Waals surface area contributed by atoms with E-state index in [4.69, 9.17) is 14.2 Å². The fourth-order valence-electron chi connectivity index (χ4n) is 2.71. The van der Waals surface area contributed by atoms with E-state index in [9.17, 15) is 14.4 Å². The third-order valence-corrected chi connectivity index (χ3v) is 5.08. The van der Waals surface area contributed by atoms with Crippen molar-refractivity contribution < 1.29 is 28.6 Å². The van der Waals surface area contributed by atoms with Crippen LogP contribution in [0.5, 0.6) is 11.5 Å². The summed E-state index contributed by atoms with van der Waals surface area (Å²) in [7, 11) is 0. The van der Waals surface area contributed by atoms with Crippen molar-refractivity contribution in [1.29, 1.82) is 0 Å². The molecule has 2 aromatic rings. The molecule has 2 amide bonds. The van der Waals surface area contributed by atoms with Gasteiger partial charge in [0, 0.05) is 13.1 Å². The van der Waals surface area contributed by atoms with Gasteiger partial charge < -0.3 is 24.4 Å². The second kappa shape index (κ2) is 9.92. The van der Waals surface area contributed by atoms with Crippen molar-refractivity contribution in [1.82, 2.24) is 10.2 Å². The van der Waals surface area contributed by atoms with Crippen molar-refractivity contribution in [2.45, 2.75) is 13.5 Å². The van der Waals surface area contributed by atoms with Crippen LogP contribution >= 0.6 is 11.3 Å². The Bertz CT molecular complexity index is 868. The summed E-state index contributed by atoms with van der Waals surface area (Å²) in [4.78, 5) is 38.1. The number of thiophene rings is 1. The first-order chi connectivity index (χ1) is 14.1. The zero-order chi connectivity index (χ0) is 20.6. The van der Waals surface area contributed by atoms with Gasteiger partial charge >= 0.3 is 5.97 Å². The predicted octanol–water partition coefficient (Wildman–Crippen LogP) is 1.84. The molecule has 0 saturated carbocycles. The minimum Gasteiger partial charge on any atom is -0.486 e. The molecule has 29 heavy (non-hydrogen) atoms. The molecule has 1 aliphatic heterocycles. The van der Waals surface area contributed by atoms with Crippen molar-refractivity contribution in [2.75, 3.05) is 32.9 Å². The maximum absolute atomic E-state index is 12.4. The normalized spacial score (nSPS) is 12.2. The second-order valence-corrected chi connectivity index (χ2v) is 7.15. The first kappa shape index (κ1) is 20.7. The Hall–Kier alpha value is -3.07. The van der Waals surface area contributed by atoms with Gasteiger partial charge in [-0.1, -0.05) is 12.1 Å². The van der Waals surface area contributed by atoms with Crippen LogP contribution in [0.3, 0.4) is 0 Å². The summed E-state index contributed by atoms with van der Waals surface area (Å²) < 4.78 is 16.0. The molecule has 0 atom stereocenters. The molecule has 3 rings (SSSR count). The molecule has 1 N–H and O–H groups in total. The van der Waals surface area contributed by atoms with Gasteiger partial charge in [0.15, 0.2) is 18.1 Å². The maximum Gasteiger partial charge on any atom is 0.325 e. The minimum absolute atomic E-state index is 0.293. The molecule has 0 unspecified atom stereocenters. The summed E-state index contributed by atoms with van der Waals surface area (Å²) in [6.45, 7) is 3.00. The number of fused-ring (bicyclic) bond motifs is 1. The van der Waals surface area contributed by atoms with E-state index in [2.05, 4.69) is 5.32 Å². The van der Waals surface area contributed by atoms with E-state index in [-0.39, 0.29) is 25.0 Å². The van der Waals surface area contributed by atoms with Crippen LogP contribution in [0.1, 0.15) is 22.2 Å². The number of benzene rings is 1. The fourth-order valence-corrected chi connectivity index (χ4v) is 3.35. The summed E-state index contributed by atoms with van der Waals surface area (Å²) in [5.74, 6) is 0.00842. The van der Waals surface area contributed by atoms with Gasteiger partial charge in [-0.25, -0.2) is 0 Å². The number of carbonyl (C=O) groups is 3.